The Labute approximate surface area is 156 Å². The van der Waals surface area contributed by atoms with Crippen LogP contribution in [0.1, 0.15) is 46.3 Å². The zero-order valence-corrected chi connectivity index (χ0v) is 16.0. The van der Waals surface area contributed by atoms with E-state index in [4.69, 9.17) is 0 Å². The van der Waals surface area contributed by atoms with E-state index in [1.165, 1.54) is 21.6 Å². The second-order valence-corrected chi connectivity index (χ2v) is 7.64. The lowest BCUT2D eigenvalue weighted by Crippen LogP contribution is -2.15. The van der Waals surface area contributed by atoms with Crippen LogP contribution < -0.4 is 5.32 Å². The van der Waals surface area contributed by atoms with E-state index in [0.29, 0.717) is 22.2 Å². The number of amides is 1. The number of rotatable bonds is 4. The molecule has 0 bridgehead atoms. The normalized spacial score (nSPS) is 10.8. The minimum absolute atomic E-state index is 0.274. The highest BCUT2D eigenvalue weighted by atomic mass is 32.1. The molecule has 2 aromatic heterocycles. The number of nitriles is 1. The van der Waals surface area contributed by atoms with Gasteiger partial charge in [-0.1, -0.05) is 38.1 Å². The molecule has 0 saturated heterocycles. The molecule has 0 aliphatic carbocycles. The summed E-state index contributed by atoms with van der Waals surface area (Å²) < 4.78 is 1.51. The Morgan fingerprint density at radius 2 is 1.96 bits per heavy atom. The zero-order chi connectivity index (χ0) is 18.8. The molecule has 0 unspecified atom stereocenters. The van der Waals surface area contributed by atoms with Crippen molar-refractivity contribution >= 4 is 22.2 Å². The van der Waals surface area contributed by atoms with Crippen LogP contribution in [0.4, 0.5) is 5.00 Å². The number of thiophene rings is 1. The highest BCUT2D eigenvalue weighted by Gasteiger charge is 2.20. The van der Waals surface area contributed by atoms with Crippen molar-refractivity contribution in [2.45, 2.75) is 26.7 Å². The number of hydrogen-bond acceptors (Lipinski definition) is 4. The summed E-state index contributed by atoms with van der Waals surface area (Å²) in [4.78, 5) is 13.5. The average molecular weight is 364 g/mol. The molecule has 26 heavy (non-hydrogen) atoms. The van der Waals surface area contributed by atoms with Gasteiger partial charge in [0.15, 0.2) is 0 Å². The molecule has 0 radical (unpaired) electrons. The van der Waals surface area contributed by atoms with Crippen LogP contribution in [0.5, 0.6) is 0 Å². The van der Waals surface area contributed by atoms with E-state index >= 15 is 0 Å². The van der Waals surface area contributed by atoms with Crippen molar-refractivity contribution < 1.29 is 4.79 Å². The summed E-state index contributed by atoms with van der Waals surface area (Å²) in [6.45, 7) is 6.27. The van der Waals surface area contributed by atoms with Crippen LogP contribution >= 0.6 is 11.3 Å². The number of hydrogen-bond donors (Lipinski definition) is 1. The van der Waals surface area contributed by atoms with Crippen LogP contribution in [-0.2, 0) is 7.05 Å². The first-order valence-corrected chi connectivity index (χ1v) is 9.17. The molecule has 0 aliphatic rings. The topological polar surface area (TPSA) is 70.7 Å². The molecule has 1 amide bonds. The van der Waals surface area contributed by atoms with Gasteiger partial charge in [0.1, 0.15) is 16.8 Å². The van der Waals surface area contributed by atoms with Gasteiger partial charge in [-0.2, -0.15) is 10.4 Å². The van der Waals surface area contributed by atoms with Crippen molar-refractivity contribution in [3.05, 3.63) is 58.2 Å². The molecular formula is C20H20N4OS. The maximum absolute atomic E-state index is 12.5. The molecule has 6 heteroatoms. The lowest BCUT2D eigenvalue weighted by Gasteiger charge is -2.08. The third-order valence-corrected chi connectivity index (χ3v) is 5.36. The SMILES string of the molecule is Cc1sc(NC(=O)c2ccnn2C)c(C#N)c1-c1ccc(C(C)C)cc1. The van der Waals surface area contributed by atoms with Crippen molar-refractivity contribution in [1.82, 2.24) is 9.78 Å². The Morgan fingerprint density at radius 1 is 1.27 bits per heavy atom. The fourth-order valence-corrected chi connectivity index (χ4v) is 3.91. The maximum Gasteiger partial charge on any atom is 0.274 e. The van der Waals surface area contributed by atoms with Crippen LogP contribution in [-0.4, -0.2) is 15.7 Å². The number of carbonyl (C=O) groups excluding carboxylic acids is 1. The molecular weight excluding hydrogens is 344 g/mol. The van der Waals surface area contributed by atoms with Gasteiger partial charge >= 0.3 is 0 Å². The first-order chi connectivity index (χ1) is 12.4. The van der Waals surface area contributed by atoms with Crippen LogP contribution in [0.25, 0.3) is 11.1 Å². The monoisotopic (exact) mass is 364 g/mol. The summed E-state index contributed by atoms with van der Waals surface area (Å²) in [5, 5.41) is 17.1. The van der Waals surface area contributed by atoms with E-state index < -0.39 is 0 Å². The van der Waals surface area contributed by atoms with Gasteiger partial charge in [0, 0.05) is 23.7 Å². The van der Waals surface area contributed by atoms with Crippen molar-refractivity contribution in [3.63, 3.8) is 0 Å². The number of nitrogens with zero attached hydrogens (tertiary/aromatic N) is 3. The summed E-state index contributed by atoms with van der Waals surface area (Å²) in [6.07, 6.45) is 1.57. The lowest BCUT2D eigenvalue weighted by atomic mass is 9.97. The predicted molar refractivity (Wildman–Crippen MR) is 104 cm³/mol. The summed E-state index contributed by atoms with van der Waals surface area (Å²) in [5.41, 5.74) is 4.07. The van der Waals surface area contributed by atoms with Gasteiger partial charge in [-0.05, 0) is 30.0 Å². The van der Waals surface area contributed by atoms with Gasteiger partial charge in [0.05, 0.1) is 5.56 Å². The van der Waals surface area contributed by atoms with Crippen molar-refractivity contribution in [2.24, 2.45) is 7.05 Å². The smallest absolute Gasteiger partial charge is 0.274 e. The molecule has 1 N–H and O–H groups in total. The predicted octanol–water partition coefficient (Wildman–Crippen LogP) is 4.70. The molecule has 3 rings (SSSR count). The molecule has 0 atom stereocenters. The van der Waals surface area contributed by atoms with Crippen molar-refractivity contribution in [2.75, 3.05) is 5.32 Å². The zero-order valence-electron chi connectivity index (χ0n) is 15.2. The quantitative estimate of drug-likeness (QED) is 0.729. The Hall–Kier alpha value is -2.91. The van der Waals surface area contributed by atoms with E-state index in [9.17, 15) is 10.1 Å². The second-order valence-electron chi connectivity index (χ2n) is 6.42. The first kappa shape index (κ1) is 17.9. The molecule has 5 nitrogen and oxygen atoms in total. The second kappa shape index (κ2) is 7.14. The summed E-state index contributed by atoms with van der Waals surface area (Å²) in [5.74, 6) is 0.182. The van der Waals surface area contributed by atoms with Crippen LogP contribution in [0.15, 0.2) is 36.5 Å². The fraction of sp³-hybridized carbons (Fsp3) is 0.250. The van der Waals surface area contributed by atoms with E-state index in [1.807, 2.05) is 19.1 Å². The van der Waals surface area contributed by atoms with Gasteiger partial charge in [-0.3, -0.25) is 9.48 Å². The minimum Gasteiger partial charge on any atom is -0.311 e. The van der Waals surface area contributed by atoms with E-state index in [2.05, 4.69) is 42.5 Å². The number of anilines is 1. The van der Waals surface area contributed by atoms with E-state index in [-0.39, 0.29) is 5.91 Å². The summed E-state index contributed by atoms with van der Waals surface area (Å²) in [7, 11) is 1.71. The number of aryl methyl sites for hydroxylation is 2. The Balaban J connectivity index is 1.97. The summed E-state index contributed by atoms with van der Waals surface area (Å²) >= 11 is 1.42. The minimum atomic E-state index is -0.274. The molecule has 0 aliphatic heterocycles. The van der Waals surface area contributed by atoms with E-state index in [1.54, 1.807) is 19.3 Å². The van der Waals surface area contributed by atoms with Gasteiger partial charge in [-0.25, -0.2) is 0 Å². The average Bonchev–Trinajstić information content (AvgIpc) is 3.17. The highest BCUT2D eigenvalue weighted by Crippen LogP contribution is 2.39. The molecule has 0 fully saturated rings. The van der Waals surface area contributed by atoms with Crippen LogP contribution in [0, 0.1) is 18.3 Å². The largest absolute Gasteiger partial charge is 0.311 e. The Morgan fingerprint density at radius 3 is 2.50 bits per heavy atom. The Bertz CT molecular complexity index is 990. The first-order valence-electron chi connectivity index (χ1n) is 8.35. The number of carbonyl (C=O) groups is 1. The molecule has 0 spiro atoms. The van der Waals surface area contributed by atoms with Gasteiger partial charge < -0.3 is 5.32 Å². The molecule has 1 aromatic carbocycles. The van der Waals surface area contributed by atoms with Crippen molar-refractivity contribution in [1.29, 1.82) is 5.26 Å². The molecule has 0 saturated carbocycles. The fourth-order valence-electron chi connectivity index (χ4n) is 2.89. The maximum atomic E-state index is 12.5. The van der Waals surface area contributed by atoms with Gasteiger partial charge in [0.25, 0.3) is 5.91 Å². The van der Waals surface area contributed by atoms with Crippen LogP contribution in [0.2, 0.25) is 0 Å². The summed E-state index contributed by atoms with van der Waals surface area (Å²) in [6, 6.07) is 12.2. The third-order valence-electron chi connectivity index (χ3n) is 4.34. The molecule has 132 valence electrons. The number of benzene rings is 1. The number of nitrogens with one attached hydrogen (secondary N) is 1. The molecule has 2 heterocycles. The third kappa shape index (κ3) is 3.26. The standard InChI is InChI=1S/C20H20N4OS/c1-12(2)14-5-7-15(8-6-14)18-13(3)26-20(16(18)11-21)23-19(25)17-9-10-22-24(17)4/h5-10,12H,1-4H3,(H,23,25). The van der Waals surface area contributed by atoms with Crippen LogP contribution in [0.3, 0.4) is 0 Å². The van der Waals surface area contributed by atoms with Gasteiger partial charge in [-0.15, -0.1) is 11.3 Å². The van der Waals surface area contributed by atoms with E-state index in [0.717, 1.165) is 16.0 Å². The van der Waals surface area contributed by atoms with Crippen molar-refractivity contribution in [3.8, 4) is 17.2 Å². The Kier molecular flexibility index (Phi) is 4.92. The number of aromatic nitrogens is 2. The van der Waals surface area contributed by atoms with Gasteiger partial charge in [0.2, 0.25) is 0 Å². The lowest BCUT2D eigenvalue weighted by molar-refractivity contribution is 0.101. The highest BCUT2D eigenvalue weighted by molar-refractivity contribution is 7.17. The molecule has 3 aromatic rings.